The molecule has 0 amide bonds. The molecule has 0 atom stereocenters. The van der Waals surface area contributed by atoms with Crippen LogP contribution in [0.1, 0.15) is 28.2 Å². The zero-order valence-corrected chi connectivity index (χ0v) is 9.98. The van der Waals surface area contributed by atoms with Crippen molar-refractivity contribution in [2.45, 2.75) is 28.2 Å². The summed E-state index contributed by atoms with van der Waals surface area (Å²) in [4.78, 5) is 0. The van der Waals surface area contributed by atoms with Crippen molar-refractivity contribution in [3.05, 3.63) is 28.7 Å². The van der Waals surface area contributed by atoms with Gasteiger partial charge in [-0.25, -0.2) is 0 Å². The van der Waals surface area contributed by atoms with E-state index in [-0.39, 0.29) is 7.43 Å². The first kappa shape index (κ1) is 13.5. The van der Waals surface area contributed by atoms with E-state index in [4.69, 9.17) is 0 Å². The van der Waals surface area contributed by atoms with Crippen LogP contribution < -0.4 is 5.32 Å². The van der Waals surface area contributed by atoms with Crippen LogP contribution in [0.3, 0.4) is 0 Å². The molecule has 0 saturated carbocycles. The third kappa shape index (κ3) is 5.28. The fraction of sp³-hybridized carbons (Fsp3) is 0.500. The quantitative estimate of drug-likeness (QED) is 0.820. The molecule has 0 aliphatic carbocycles. The molecule has 0 spiro atoms. The Morgan fingerprint density at radius 3 is 2.43 bits per heavy atom. The lowest BCUT2D eigenvalue weighted by atomic mass is 9.97. The Morgan fingerprint density at radius 1 is 1.29 bits per heavy atom. The van der Waals surface area contributed by atoms with Gasteiger partial charge in [0.05, 0.1) is 0 Å². The Bertz CT molecular complexity index is 276. The van der Waals surface area contributed by atoms with Crippen LogP contribution in [-0.2, 0) is 0 Å². The maximum Gasteiger partial charge on any atom is 0.0351 e. The van der Waals surface area contributed by atoms with Gasteiger partial charge in [-0.3, -0.25) is 0 Å². The summed E-state index contributed by atoms with van der Waals surface area (Å²) in [7, 11) is 0. The molecule has 1 aromatic rings. The number of nitrogens with one attached hydrogen (secondary N) is 1. The Labute approximate surface area is 96.0 Å². The van der Waals surface area contributed by atoms with E-state index >= 15 is 0 Å². The molecule has 0 radical (unpaired) electrons. The van der Waals surface area contributed by atoms with E-state index in [9.17, 15) is 0 Å². The smallest absolute Gasteiger partial charge is 0.0351 e. The van der Waals surface area contributed by atoms with Crippen molar-refractivity contribution in [3.63, 3.8) is 0 Å². The highest BCUT2D eigenvalue weighted by Crippen LogP contribution is 2.18. The average Bonchev–Trinajstić information content (AvgIpc) is 2.00. The molecule has 0 heterocycles. The molecule has 0 saturated heterocycles. The fourth-order valence-electron chi connectivity index (χ4n) is 0.966. The van der Waals surface area contributed by atoms with Crippen molar-refractivity contribution < 1.29 is 0 Å². The van der Waals surface area contributed by atoms with Crippen molar-refractivity contribution >= 4 is 21.6 Å². The van der Waals surface area contributed by atoms with Crippen LogP contribution in [0, 0.1) is 5.41 Å². The van der Waals surface area contributed by atoms with Crippen molar-refractivity contribution in [1.82, 2.24) is 0 Å². The van der Waals surface area contributed by atoms with Gasteiger partial charge in [-0.05, 0) is 23.6 Å². The Kier molecular flexibility index (Phi) is 5.21. The van der Waals surface area contributed by atoms with Gasteiger partial charge in [0.2, 0.25) is 0 Å². The second kappa shape index (κ2) is 5.40. The van der Waals surface area contributed by atoms with Gasteiger partial charge in [0.1, 0.15) is 0 Å². The van der Waals surface area contributed by atoms with E-state index < -0.39 is 0 Å². The van der Waals surface area contributed by atoms with E-state index in [0.717, 1.165) is 11.0 Å². The zero-order valence-electron chi connectivity index (χ0n) is 8.39. The minimum absolute atomic E-state index is 0. The fourth-order valence-corrected chi connectivity index (χ4v) is 1.36. The average molecular weight is 258 g/mol. The second-order valence-electron chi connectivity index (χ2n) is 4.42. The van der Waals surface area contributed by atoms with E-state index in [2.05, 4.69) is 54.2 Å². The van der Waals surface area contributed by atoms with Crippen molar-refractivity contribution in [1.29, 1.82) is 0 Å². The molecule has 80 valence electrons. The lowest BCUT2D eigenvalue weighted by Gasteiger charge is -2.19. The van der Waals surface area contributed by atoms with Gasteiger partial charge in [-0.2, -0.15) is 0 Å². The van der Waals surface area contributed by atoms with E-state index in [1.807, 2.05) is 12.1 Å². The largest absolute Gasteiger partial charge is 0.384 e. The predicted molar refractivity (Wildman–Crippen MR) is 68.8 cm³/mol. The first-order valence-electron chi connectivity index (χ1n) is 4.47. The highest BCUT2D eigenvalue weighted by Gasteiger charge is 2.08. The molecular weight excluding hydrogens is 238 g/mol. The molecule has 14 heavy (non-hydrogen) atoms. The first-order chi connectivity index (χ1) is 5.97. The lowest BCUT2D eigenvalue weighted by molar-refractivity contribution is 0.443. The van der Waals surface area contributed by atoms with Gasteiger partial charge >= 0.3 is 0 Å². The molecule has 0 aliphatic heterocycles. The minimum atomic E-state index is 0. The number of halogens is 1. The first-order valence-corrected chi connectivity index (χ1v) is 5.26. The van der Waals surface area contributed by atoms with Crippen LogP contribution in [0.25, 0.3) is 0 Å². The summed E-state index contributed by atoms with van der Waals surface area (Å²) in [5, 5.41) is 3.40. The Hall–Kier alpha value is -0.500. The molecule has 1 N–H and O–H groups in total. The summed E-state index contributed by atoms with van der Waals surface area (Å²) in [6.07, 6.45) is 0. The maximum absolute atomic E-state index is 3.44. The normalized spacial score (nSPS) is 10.6. The SMILES string of the molecule is C.CC(C)(C)CNc1cccc(Br)c1. The Balaban J connectivity index is 0.00000169. The highest BCUT2D eigenvalue weighted by atomic mass is 79.9. The van der Waals surface area contributed by atoms with Crippen LogP contribution >= 0.6 is 15.9 Å². The van der Waals surface area contributed by atoms with Crippen LogP contribution in [0.5, 0.6) is 0 Å². The zero-order chi connectivity index (χ0) is 9.90. The van der Waals surface area contributed by atoms with Gasteiger partial charge < -0.3 is 5.32 Å². The molecule has 1 nitrogen and oxygen atoms in total. The van der Waals surface area contributed by atoms with Crippen LogP contribution in [0.2, 0.25) is 0 Å². The molecule has 0 unspecified atom stereocenters. The van der Waals surface area contributed by atoms with E-state index in [0.29, 0.717) is 5.41 Å². The summed E-state index contributed by atoms with van der Waals surface area (Å²) in [5.41, 5.74) is 1.49. The molecule has 1 rings (SSSR count). The van der Waals surface area contributed by atoms with Crippen LogP contribution in [0.4, 0.5) is 5.69 Å². The monoisotopic (exact) mass is 257 g/mol. The molecule has 1 aromatic carbocycles. The molecule has 0 aliphatic rings. The van der Waals surface area contributed by atoms with Gasteiger partial charge in [0.15, 0.2) is 0 Å². The van der Waals surface area contributed by atoms with Crippen molar-refractivity contribution in [3.8, 4) is 0 Å². The molecular formula is C12H20BrN. The third-order valence-corrected chi connectivity index (χ3v) is 2.14. The summed E-state index contributed by atoms with van der Waals surface area (Å²) in [6.45, 7) is 7.65. The lowest BCUT2D eigenvalue weighted by Crippen LogP contribution is -2.18. The summed E-state index contributed by atoms with van der Waals surface area (Å²) < 4.78 is 1.12. The van der Waals surface area contributed by atoms with Gasteiger partial charge in [0.25, 0.3) is 0 Å². The summed E-state index contributed by atoms with van der Waals surface area (Å²) in [5.74, 6) is 0. The van der Waals surface area contributed by atoms with Crippen molar-refractivity contribution in [2.75, 3.05) is 11.9 Å². The predicted octanol–water partition coefficient (Wildman–Crippen LogP) is 4.54. The van der Waals surface area contributed by atoms with Gasteiger partial charge in [-0.1, -0.05) is 50.2 Å². The maximum atomic E-state index is 3.44. The number of benzene rings is 1. The minimum Gasteiger partial charge on any atom is -0.384 e. The molecule has 0 fully saturated rings. The Morgan fingerprint density at radius 2 is 1.93 bits per heavy atom. The van der Waals surface area contributed by atoms with Gasteiger partial charge in [-0.15, -0.1) is 0 Å². The second-order valence-corrected chi connectivity index (χ2v) is 5.34. The van der Waals surface area contributed by atoms with E-state index in [1.54, 1.807) is 0 Å². The third-order valence-electron chi connectivity index (χ3n) is 1.65. The molecule has 2 heteroatoms. The molecule has 0 aromatic heterocycles. The van der Waals surface area contributed by atoms with Crippen molar-refractivity contribution in [2.24, 2.45) is 5.41 Å². The summed E-state index contributed by atoms with van der Waals surface area (Å²) >= 11 is 3.44. The van der Waals surface area contributed by atoms with Crippen LogP contribution in [-0.4, -0.2) is 6.54 Å². The summed E-state index contributed by atoms with van der Waals surface area (Å²) in [6, 6.07) is 8.24. The molecule has 0 bridgehead atoms. The standard InChI is InChI=1S/C11H16BrN.CH4/c1-11(2,3)8-13-10-6-4-5-9(12)7-10;/h4-7,13H,8H2,1-3H3;1H4. The topological polar surface area (TPSA) is 12.0 Å². The number of hydrogen-bond donors (Lipinski definition) is 1. The van der Waals surface area contributed by atoms with Gasteiger partial charge in [0, 0.05) is 16.7 Å². The van der Waals surface area contributed by atoms with Crippen LogP contribution in [0.15, 0.2) is 28.7 Å². The number of rotatable bonds is 2. The number of hydrogen-bond acceptors (Lipinski definition) is 1. The highest BCUT2D eigenvalue weighted by molar-refractivity contribution is 9.10. The number of anilines is 1. The van der Waals surface area contributed by atoms with E-state index in [1.165, 1.54) is 5.69 Å².